The number of aromatic amines is 1. The molecule has 4 rings (SSSR count). The maximum absolute atomic E-state index is 12.4. The topological polar surface area (TPSA) is 61.0 Å². The highest BCUT2D eigenvalue weighted by Gasteiger charge is 2.15. The first kappa shape index (κ1) is 15.2. The van der Waals surface area contributed by atoms with Crippen LogP contribution in [0.15, 0.2) is 35.8 Å². The van der Waals surface area contributed by atoms with Crippen LogP contribution < -0.4 is 10.2 Å². The molecule has 5 nitrogen and oxygen atoms in total. The molecule has 0 spiro atoms. The van der Waals surface area contributed by atoms with Crippen molar-refractivity contribution in [2.45, 2.75) is 25.8 Å². The van der Waals surface area contributed by atoms with Crippen molar-refractivity contribution in [1.82, 2.24) is 15.3 Å². The minimum absolute atomic E-state index is 0.0892. The third kappa shape index (κ3) is 3.01. The van der Waals surface area contributed by atoms with Gasteiger partial charge in [-0.1, -0.05) is 18.2 Å². The molecule has 3 heterocycles. The lowest BCUT2D eigenvalue weighted by molar-refractivity contribution is 0.0947. The Morgan fingerprint density at radius 1 is 1.25 bits per heavy atom. The fraction of sp³-hybridized carbons (Fsp3) is 0.333. The molecule has 0 unspecified atom stereocenters. The number of benzene rings is 1. The Balaban J connectivity index is 1.47. The van der Waals surface area contributed by atoms with Gasteiger partial charge < -0.3 is 15.2 Å². The van der Waals surface area contributed by atoms with Gasteiger partial charge in [-0.3, -0.25) is 4.79 Å². The van der Waals surface area contributed by atoms with Crippen LogP contribution in [0.1, 0.15) is 35.3 Å². The van der Waals surface area contributed by atoms with E-state index in [2.05, 4.69) is 38.4 Å². The molecule has 6 heteroatoms. The van der Waals surface area contributed by atoms with Crippen LogP contribution >= 0.6 is 11.3 Å². The molecule has 0 saturated carbocycles. The lowest BCUT2D eigenvalue weighted by Crippen LogP contribution is -2.31. The molecule has 24 heavy (non-hydrogen) atoms. The average molecular weight is 340 g/mol. The maximum Gasteiger partial charge on any atom is 0.268 e. The van der Waals surface area contributed by atoms with Crippen LogP contribution in [0.4, 0.5) is 5.69 Å². The fourth-order valence-corrected chi connectivity index (χ4v) is 3.92. The number of nitrogens with one attached hydrogen (secondary N) is 2. The molecule has 1 amide bonds. The van der Waals surface area contributed by atoms with Crippen LogP contribution in [-0.4, -0.2) is 29.0 Å². The molecule has 2 aromatic heterocycles. The first-order chi connectivity index (χ1) is 11.8. The summed E-state index contributed by atoms with van der Waals surface area (Å²) in [5.41, 5.74) is 5.53. The van der Waals surface area contributed by atoms with Crippen molar-refractivity contribution in [3.05, 3.63) is 47.1 Å². The number of piperidine rings is 1. The Labute approximate surface area is 144 Å². The first-order valence-electron chi connectivity index (χ1n) is 8.34. The van der Waals surface area contributed by atoms with Gasteiger partial charge in [0, 0.05) is 25.3 Å². The van der Waals surface area contributed by atoms with Gasteiger partial charge in [-0.25, -0.2) is 4.98 Å². The lowest BCUT2D eigenvalue weighted by atomic mass is 10.1. The predicted octanol–water partition coefficient (Wildman–Crippen LogP) is 3.54. The normalized spacial score (nSPS) is 14.9. The van der Waals surface area contributed by atoms with Crippen LogP contribution in [0.2, 0.25) is 0 Å². The van der Waals surface area contributed by atoms with E-state index in [1.54, 1.807) is 5.51 Å². The highest BCUT2D eigenvalue weighted by molar-refractivity contribution is 7.16. The Bertz CT molecular complexity index is 819. The number of amides is 1. The van der Waals surface area contributed by atoms with E-state index in [0.717, 1.165) is 23.4 Å². The lowest BCUT2D eigenvalue weighted by Gasteiger charge is -2.30. The molecule has 1 aliphatic rings. The van der Waals surface area contributed by atoms with Crippen LogP contribution in [0.5, 0.6) is 0 Å². The van der Waals surface area contributed by atoms with Crippen molar-refractivity contribution in [2.75, 3.05) is 18.0 Å². The number of aromatic nitrogens is 2. The summed E-state index contributed by atoms with van der Waals surface area (Å²) in [6.45, 7) is 2.73. The number of hydrogen-bond donors (Lipinski definition) is 2. The highest BCUT2D eigenvalue weighted by Crippen LogP contribution is 2.24. The van der Waals surface area contributed by atoms with Gasteiger partial charge in [-0.05, 0) is 37.0 Å². The van der Waals surface area contributed by atoms with Crippen LogP contribution in [-0.2, 0) is 6.54 Å². The second-order valence-corrected chi connectivity index (χ2v) is 6.99. The van der Waals surface area contributed by atoms with E-state index in [4.69, 9.17) is 0 Å². The number of anilines is 1. The number of nitrogens with zero attached hydrogens (tertiary/aromatic N) is 2. The zero-order chi connectivity index (χ0) is 16.4. The Morgan fingerprint density at radius 3 is 2.92 bits per heavy atom. The minimum atomic E-state index is -0.0892. The van der Waals surface area contributed by atoms with Gasteiger partial charge in [0.15, 0.2) is 0 Å². The third-order valence-corrected chi connectivity index (χ3v) is 5.27. The highest BCUT2D eigenvalue weighted by atomic mass is 32.1. The van der Waals surface area contributed by atoms with Gasteiger partial charge in [0.1, 0.15) is 11.3 Å². The second-order valence-electron chi connectivity index (χ2n) is 6.11. The number of fused-ring (bicyclic) bond motifs is 1. The molecule has 124 valence electrons. The van der Waals surface area contributed by atoms with Crippen molar-refractivity contribution >= 4 is 33.3 Å². The third-order valence-electron chi connectivity index (χ3n) is 4.50. The largest absolute Gasteiger partial charge is 0.371 e. The molecule has 0 radical (unpaired) electrons. The quantitative estimate of drug-likeness (QED) is 0.763. The molecule has 0 bridgehead atoms. The van der Waals surface area contributed by atoms with Gasteiger partial charge in [-0.15, -0.1) is 11.3 Å². The Hall–Kier alpha value is -2.34. The summed E-state index contributed by atoms with van der Waals surface area (Å²) in [4.78, 5) is 22.1. The van der Waals surface area contributed by atoms with Gasteiger partial charge in [0.25, 0.3) is 5.91 Å². The van der Waals surface area contributed by atoms with Gasteiger partial charge in [0.05, 0.1) is 10.2 Å². The van der Waals surface area contributed by atoms with Crippen molar-refractivity contribution in [3.63, 3.8) is 0 Å². The van der Waals surface area contributed by atoms with E-state index >= 15 is 0 Å². The van der Waals surface area contributed by atoms with E-state index in [1.807, 2.05) is 12.1 Å². The molecule has 1 fully saturated rings. The number of rotatable bonds is 4. The van der Waals surface area contributed by atoms with Gasteiger partial charge in [0.2, 0.25) is 0 Å². The average Bonchev–Trinajstić information content (AvgIpc) is 3.23. The predicted molar refractivity (Wildman–Crippen MR) is 97.6 cm³/mol. The monoisotopic (exact) mass is 340 g/mol. The molecular weight excluding hydrogens is 320 g/mol. The summed E-state index contributed by atoms with van der Waals surface area (Å²) in [6, 6.07) is 10.2. The van der Waals surface area contributed by atoms with Gasteiger partial charge in [-0.2, -0.15) is 0 Å². The maximum atomic E-state index is 12.4. The number of H-pyrrole nitrogens is 1. The number of hydrogen-bond acceptors (Lipinski definition) is 4. The molecule has 1 aliphatic heterocycles. The fourth-order valence-electron chi connectivity index (χ4n) is 3.24. The minimum Gasteiger partial charge on any atom is -0.371 e. The second kappa shape index (κ2) is 6.65. The molecule has 1 aromatic carbocycles. The molecule has 1 saturated heterocycles. The summed E-state index contributed by atoms with van der Waals surface area (Å²) in [6.07, 6.45) is 3.80. The zero-order valence-corrected chi connectivity index (χ0v) is 14.2. The molecule has 0 aliphatic carbocycles. The van der Waals surface area contributed by atoms with E-state index in [1.165, 1.54) is 41.9 Å². The molecule has 3 aromatic rings. The summed E-state index contributed by atoms with van der Waals surface area (Å²) in [5, 5.41) is 3.03. The van der Waals surface area contributed by atoms with E-state index < -0.39 is 0 Å². The summed E-state index contributed by atoms with van der Waals surface area (Å²) < 4.78 is 1.01. The summed E-state index contributed by atoms with van der Waals surface area (Å²) in [5.74, 6) is -0.0892. The molecule has 0 atom stereocenters. The van der Waals surface area contributed by atoms with Gasteiger partial charge >= 0.3 is 0 Å². The Kier molecular flexibility index (Phi) is 4.21. The van der Waals surface area contributed by atoms with Crippen LogP contribution in [0.25, 0.3) is 10.3 Å². The number of thiazole rings is 1. The van der Waals surface area contributed by atoms with Crippen LogP contribution in [0, 0.1) is 0 Å². The molecule has 2 N–H and O–H groups in total. The van der Waals surface area contributed by atoms with E-state index in [0.29, 0.717) is 12.2 Å². The first-order valence-corrected chi connectivity index (χ1v) is 9.22. The number of para-hydroxylation sites is 1. The van der Waals surface area contributed by atoms with Crippen molar-refractivity contribution in [2.24, 2.45) is 0 Å². The van der Waals surface area contributed by atoms with E-state index in [-0.39, 0.29) is 5.91 Å². The SMILES string of the molecule is O=C(NCc1ccccc1N1CCCCC1)c1cc2scnc2[nH]1. The van der Waals surface area contributed by atoms with Crippen molar-refractivity contribution in [1.29, 1.82) is 0 Å². The van der Waals surface area contributed by atoms with E-state index in [9.17, 15) is 4.79 Å². The smallest absolute Gasteiger partial charge is 0.268 e. The molecular formula is C18H20N4OS. The zero-order valence-electron chi connectivity index (χ0n) is 13.4. The number of carbonyl (C=O) groups excluding carboxylic acids is 1. The Morgan fingerprint density at radius 2 is 2.08 bits per heavy atom. The van der Waals surface area contributed by atoms with Crippen molar-refractivity contribution < 1.29 is 4.79 Å². The summed E-state index contributed by atoms with van der Waals surface area (Å²) >= 11 is 1.53. The summed E-state index contributed by atoms with van der Waals surface area (Å²) in [7, 11) is 0. The standard InChI is InChI=1S/C18H20N4OS/c23-18(14-10-16-17(21-14)20-12-24-16)19-11-13-6-2-3-7-15(13)22-8-4-1-5-9-22/h2-3,6-7,10,12,21H,1,4-5,8-9,11H2,(H,19,23). The van der Waals surface area contributed by atoms with Crippen molar-refractivity contribution in [3.8, 4) is 0 Å². The number of carbonyl (C=O) groups is 1. The van der Waals surface area contributed by atoms with Crippen LogP contribution in [0.3, 0.4) is 0 Å².